The minimum absolute atomic E-state index is 0.0617. The van der Waals surface area contributed by atoms with Crippen molar-refractivity contribution in [3.8, 4) is 0 Å². The van der Waals surface area contributed by atoms with E-state index in [1.807, 2.05) is 11.8 Å². The molecule has 0 unspecified atom stereocenters. The summed E-state index contributed by atoms with van der Waals surface area (Å²) >= 11 is 1.92. The van der Waals surface area contributed by atoms with E-state index in [9.17, 15) is 8.42 Å². The van der Waals surface area contributed by atoms with Gasteiger partial charge in [0.1, 0.15) is 0 Å². The molecule has 1 fully saturated rings. The Morgan fingerprint density at radius 1 is 1.32 bits per heavy atom. The molecular weight excluding hydrogens is 280 g/mol. The molecule has 19 heavy (non-hydrogen) atoms. The summed E-state index contributed by atoms with van der Waals surface area (Å²) in [7, 11) is -3.41. The Hall–Kier alpha value is -0.720. The molecule has 0 radical (unpaired) electrons. The lowest BCUT2D eigenvalue weighted by atomic mass is 10.3. The molecule has 1 aliphatic rings. The molecule has 0 bridgehead atoms. The second-order valence-electron chi connectivity index (χ2n) is 4.78. The Morgan fingerprint density at radius 2 is 2.00 bits per heavy atom. The van der Waals surface area contributed by atoms with Crippen molar-refractivity contribution in [2.75, 3.05) is 11.5 Å². The Labute approximate surface area is 119 Å². The van der Waals surface area contributed by atoms with Crippen LogP contribution in [0, 0.1) is 0 Å². The van der Waals surface area contributed by atoms with Crippen molar-refractivity contribution >= 4 is 27.5 Å². The molecule has 1 aliphatic carbocycles. The van der Waals surface area contributed by atoms with E-state index in [0.717, 1.165) is 25.0 Å². The zero-order valence-electron chi connectivity index (χ0n) is 11.0. The lowest BCUT2D eigenvalue weighted by Crippen LogP contribution is -2.33. The highest BCUT2D eigenvalue weighted by Gasteiger charge is 2.28. The fourth-order valence-electron chi connectivity index (χ4n) is 2.37. The van der Waals surface area contributed by atoms with Crippen LogP contribution in [-0.4, -0.2) is 25.5 Å². The van der Waals surface area contributed by atoms with Crippen LogP contribution in [-0.2, 0) is 10.0 Å². The van der Waals surface area contributed by atoms with E-state index in [1.165, 1.54) is 0 Å². The molecule has 106 valence electrons. The van der Waals surface area contributed by atoms with Crippen LogP contribution in [0.3, 0.4) is 0 Å². The van der Waals surface area contributed by atoms with Gasteiger partial charge < -0.3 is 5.73 Å². The van der Waals surface area contributed by atoms with E-state index >= 15 is 0 Å². The van der Waals surface area contributed by atoms with Crippen LogP contribution in [0.25, 0.3) is 0 Å². The average Bonchev–Trinajstić information content (AvgIpc) is 2.77. The van der Waals surface area contributed by atoms with Crippen molar-refractivity contribution in [1.29, 1.82) is 0 Å². The first-order chi connectivity index (χ1) is 9.01. The van der Waals surface area contributed by atoms with Crippen LogP contribution in [0.1, 0.15) is 26.2 Å². The van der Waals surface area contributed by atoms with Gasteiger partial charge in [-0.1, -0.05) is 6.92 Å². The third-order valence-electron chi connectivity index (χ3n) is 3.30. The van der Waals surface area contributed by atoms with Crippen LogP contribution in [0.2, 0.25) is 0 Å². The third kappa shape index (κ3) is 3.87. The molecule has 4 nitrogen and oxygen atoms in total. The monoisotopic (exact) mass is 300 g/mol. The molecular formula is C13H20N2O2S2. The molecule has 0 amide bonds. The zero-order chi connectivity index (χ0) is 13.9. The smallest absolute Gasteiger partial charge is 0.240 e. The van der Waals surface area contributed by atoms with E-state index in [2.05, 4.69) is 11.6 Å². The number of hydrogen-bond donors (Lipinski definition) is 2. The summed E-state index contributed by atoms with van der Waals surface area (Å²) in [5, 5.41) is 0.587. The first-order valence-electron chi connectivity index (χ1n) is 6.50. The first kappa shape index (κ1) is 14.7. The number of benzene rings is 1. The molecule has 1 saturated carbocycles. The number of nitrogens with two attached hydrogens (primary N) is 1. The zero-order valence-corrected chi connectivity index (χ0v) is 12.6. The second kappa shape index (κ2) is 6.15. The maximum atomic E-state index is 12.2. The van der Waals surface area contributed by atoms with Crippen LogP contribution < -0.4 is 10.5 Å². The molecule has 2 atom stereocenters. The molecule has 0 aromatic heterocycles. The Balaban J connectivity index is 2.00. The van der Waals surface area contributed by atoms with Gasteiger partial charge in [-0.05, 0) is 49.3 Å². The number of anilines is 1. The number of rotatable bonds is 5. The SMILES string of the molecule is CCS[C@@H]1CC[C@@H](NS(=O)(=O)c2ccc(N)cc2)C1. The summed E-state index contributed by atoms with van der Waals surface area (Å²) in [4.78, 5) is 0.285. The van der Waals surface area contributed by atoms with Crippen LogP contribution >= 0.6 is 11.8 Å². The standard InChI is InChI=1S/C13H20N2O2S2/c1-2-18-12-6-5-11(9-12)15-19(16,17)13-7-3-10(14)4-8-13/h3-4,7-8,11-12,15H,2,5-6,9,14H2,1H3/t11-,12-/m1/s1. The third-order valence-corrected chi connectivity index (χ3v) is 6.07. The highest BCUT2D eigenvalue weighted by Crippen LogP contribution is 2.30. The van der Waals surface area contributed by atoms with E-state index in [0.29, 0.717) is 10.9 Å². The molecule has 0 heterocycles. The molecule has 1 aromatic carbocycles. The fourth-order valence-corrected chi connectivity index (χ4v) is 4.79. The van der Waals surface area contributed by atoms with Crippen LogP contribution in [0.15, 0.2) is 29.2 Å². The van der Waals surface area contributed by atoms with Gasteiger partial charge in [0.2, 0.25) is 10.0 Å². The number of thioether (sulfide) groups is 1. The minimum atomic E-state index is -3.41. The Bertz CT molecular complexity index is 514. The molecule has 6 heteroatoms. The van der Waals surface area contributed by atoms with Gasteiger partial charge in [0.25, 0.3) is 0 Å². The van der Waals surface area contributed by atoms with E-state index in [1.54, 1.807) is 24.3 Å². The Kier molecular flexibility index (Phi) is 4.76. The molecule has 0 saturated heterocycles. The molecule has 2 rings (SSSR count). The van der Waals surface area contributed by atoms with E-state index in [-0.39, 0.29) is 10.9 Å². The summed E-state index contributed by atoms with van der Waals surface area (Å²) in [5.74, 6) is 1.09. The van der Waals surface area contributed by atoms with Gasteiger partial charge in [-0.15, -0.1) is 0 Å². The summed E-state index contributed by atoms with van der Waals surface area (Å²) in [5.41, 5.74) is 6.14. The fraction of sp³-hybridized carbons (Fsp3) is 0.538. The number of sulfonamides is 1. The quantitative estimate of drug-likeness (QED) is 0.818. The average molecular weight is 300 g/mol. The van der Waals surface area contributed by atoms with Gasteiger partial charge in [-0.2, -0.15) is 11.8 Å². The number of nitrogen functional groups attached to an aromatic ring is 1. The summed E-state index contributed by atoms with van der Waals surface area (Å²) in [6.07, 6.45) is 2.94. The summed E-state index contributed by atoms with van der Waals surface area (Å²) < 4.78 is 27.2. The molecule has 0 spiro atoms. The predicted molar refractivity (Wildman–Crippen MR) is 80.7 cm³/mol. The van der Waals surface area contributed by atoms with Crippen molar-refractivity contribution < 1.29 is 8.42 Å². The van der Waals surface area contributed by atoms with Crippen molar-refractivity contribution in [2.24, 2.45) is 0 Å². The highest BCUT2D eigenvalue weighted by molar-refractivity contribution is 7.99. The van der Waals surface area contributed by atoms with Crippen molar-refractivity contribution in [3.63, 3.8) is 0 Å². The first-order valence-corrected chi connectivity index (χ1v) is 9.04. The molecule has 1 aromatic rings. The Morgan fingerprint density at radius 3 is 2.63 bits per heavy atom. The summed E-state index contributed by atoms with van der Waals surface area (Å²) in [6.45, 7) is 2.14. The lowest BCUT2D eigenvalue weighted by Gasteiger charge is -2.13. The summed E-state index contributed by atoms with van der Waals surface area (Å²) in [6, 6.07) is 6.37. The van der Waals surface area contributed by atoms with Crippen molar-refractivity contribution in [2.45, 2.75) is 42.4 Å². The lowest BCUT2D eigenvalue weighted by molar-refractivity contribution is 0.552. The van der Waals surface area contributed by atoms with Gasteiger partial charge in [0, 0.05) is 17.0 Å². The predicted octanol–water partition coefficient (Wildman–Crippen LogP) is 2.22. The van der Waals surface area contributed by atoms with Gasteiger partial charge in [-0.3, -0.25) is 0 Å². The maximum absolute atomic E-state index is 12.2. The number of hydrogen-bond acceptors (Lipinski definition) is 4. The second-order valence-corrected chi connectivity index (χ2v) is 8.07. The van der Waals surface area contributed by atoms with Gasteiger partial charge in [-0.25, -0.2) is 13.1 Å². The topological polar surface area (TPSA) is 72.2 Å². The van der Waals surface area contributed by atoms with Gasteiger partial charge in [0.05, 0.1) is 4.90 Å². The van der Waals surface area contributed by atoms with Gasteiger partial charge >= 0.3 is 0 Å². The number of nitrogens with one attached hydrogen (secondary N) is 1. The minimum Gasteiger partial charge on any atom is -0.399 e. The molecule has 3 N–H and O–H groups in total. The van der Waals surface area contributed by atoms with E-state index in [4.69, 9.17) is 5.73 Å². The van der Waals surface area contributed by atoms with Crippen LogP contribution in [0.5, 0.6) is 0 Å². The van der Waals surface area contributed by atoms with Crippen molar-refractivity contribution in [3.05, 3.63) is 24.3 Å². The molecule has 0 aliphatic heterocycles. The van der Waals surface area contributed by atoms with Crippen molar-refractivity contribution in [1.82, 2.24) is 4.72 Å². The largest absolute Gasteiger partial charge is 0.399 e. The van der Waals surface area contributed by atoms with Crippen LogP contribution in [0.4, 0.5) is 5.69 Å². The maximum Gasteiger partial charge on any atom is 0.240 e. The normalized spacial score (nSPS) is 23.6. The van der Waals surface area contributed by atoms with E-state index < -0.39 is 10.0 Å². The van der Waals surface area contributed by atoms with Gasteiger partial charge in [0.15, 0.2) is 0 Å². The highest BCUT2D eigenvalue weighted by atomic mass is 32.2.